The number of anilines is 1. The van der Waals surface area contributed by atoms with Crippen LogP contribution >= 0.6 is 23.4 Å². The number of nitrogens with zero attached hydrogens (tertiary/aromatic N) is 2. The Labute approximate surface area is 176 Å². The maximum atomic E-state index is 12.8. The molecule has 0 spiro atoms. The molecule has 0 radical (unpaired) electrons. The number of aryl methyl sites for hydroxylation is 2. The Balaban J connectivity index is 1.95. The average molecular weight is 463 g/mol. The molecule has 12 heteroatoms. The number of thioether (sulfide) groups is 1. The fraction of sp³-hybridized carbons (Fsp3) is 0.471. The van der Waals surface area contributed by atoms with Crippen molar-refractivity contribution in [2.24, 2.45) is 0 Å². The van der Waals surface area contributed by atoms with E-state index in [-0.39, 0.29) is 12.3 Å². The highest BCUT2D eigenvalue weighted by molar-refractivity contribution is 8.00. The van der Waals surface area contributed by atoms with E-state index in [4.69, 9.17) is 16.2 Å². The second kappa shape index (κ2) is 7.46. The van der Waals surface area contributed by atoms with E-state index in [2.05, 4.69) is 0 Å². The Bertz CT molecular complexity index is 999. The first kappa shape index (κ1) is 21.9. The van der Waals surface area contributed by atoms with Gasteiger partial charge in [-0.3, -0.25) is 23.8 Å². The van der Waals surface area contributed by atoms with Crippen molar-refractivity contribution in [3.63, 3.8) is 0 Å². The summed E-state index contributed by atoms with van der Waals surface area (Å²) < 4.78 is 31.7. The number of carboxylic acid groups (broad SMARTS) is 1. The van der Waals surface area contributed by atoms with Gasteiger partial charge in [0.2, 0.25) is 11.8 Å². The highest BCUT2D eigenvalue weighted by Gasteiger charge is 2.59. The maximum Gasteiger partial charge on any atom is 0.327 e. The first-order valence-corrected chi connectivity index (χ1v) is 11.6. The van der Waals surface area contributed by atoms with Crippen LogP contribution in [0.15, 0.2) is 18.2 Å². The number of halogens is 1. The van der Waals surface area contributed by atoms with Gasteiger partial charge < -0.3 is 10.0 Å². The van der Waals surface area contributed by atoms with Gasteiger partial charge in [0.15, 0.2) is 10.6 Å². The summed E-state index contributed by atoms with van der Waals surface area (Å²) in [6.07, 6.45) is 0. The van der Waals surface area contributed by atoms with E-state index in [1.54, 1.807) is 18.2 Å². The van der Waals surface area contributed by atoms with E-state index >= 15 is 0 Å². The molecule has 1 aromatic carbocycles. The van der Waals surface area contributed by atoms with Crippen LogP contribution in [0.4, 0.5) is 5.69 Å². The van der Waals surface area contributed by atoms with Crippen molar-refractivity contribution in [2.45, 2.75) is 30.1 Å². The van der Waals surface area contributed by atoms with Crippen LogP contribution in [0.1, 0.15) is 11.1 Å². The highest BCUT2D eigenvalue weighted by Crippen LogP contribution is 2.44. The lowest BCUT2D eigenvalue weighted by Crippen LogP contribution is -2.75. The molecule has 1 aromatic rings. The highest BCUT2D eigenvalue weighted by atomic mass is 35.5. The second-order valence-electron chi connectivity index (χ2n) is 7.14. The van der Waals surface area contributed by atoms with E-state index in [1.807, 2.05) is 13.8 Å². The predicted octanol–water partition coefficient (Wildman–Crippen LogP) is 0.870. The smallest absolute Gasteiger partial charge is 0.327 e. The van der Waals surface area contributed by atoms with E-state index in [0.29, 0.717) is 5.69 Å². The zero-order valence-electron chi connectivity index (χ0n) is 15.5. The summed E-state index contributed by atoms with van der Waals surface area (Å²) in [4.78, 5) is 37.6. The van der Waals surface area contributed by atoms with Gasteiger partial charge in [-0.2, -0.15) is 8.42 Å². The molecule has 2 heterocycles. The van der Waals surface area contributed by atoms with Crippen LogP contribution in [0.5, 0.6) is 0 Å². The SMILES string of the molecule is Cc1ccc(N(C(=O)CS(=O)(=O)O)C2C(=O)N3CC(Cl)(C(=O)O)CS[C@H]23)cc1C. The molecule has 3 atom stereocenters. The van der Waals surface area contributed by atoms with Crippen molar-refractivity contribution in [3.8, 4) is 0 Å². The Morgan fingerprint density at radius 1 is 1.34 bits per heavy atom. The third-order valence-corrected chi connectivity index (χ3v) is 7.72. The van der Waals surface area contributed by atoms with Gasteiger partial charge in [-0.1, -0.05) is 6.07 Å². The van der Waals surface area contributed by atoms with Crippen LogP contribution in [0.2, 0.25) is 0 Å². The van der Waals surface area contributed by atoms with Crippen molar-refractivity contribution < 1.29 is 32.5 Å². The fourth-order valence-corrected chi connectivity index (χ4v) is 5.51. The summed E-state index contributed by atoms with van der Waals surface area (Å²) in [5.41, 5.74) is 2.09. The minimum atomic E-state index is -4.61. The van der Waals surface area contributed by atoms with Crippen LogP contribution in [-0.2, 0) is 24.5 Å². The minimum absolute atomic E-state index is 0.0160. The molecule has 3 rings (SSSR count). The summed E-state index contributed by atoms with van der Waals surface area (Å²) in [6, 6.07) is 3.97. The summed E-state index contributed by atoms with van der Waals surface area (Å²) in [6.45, 7) is 3.45. The summed E-state index contributed by atoms with van der Waals surface area (Å²) in [5.74, 6) is -3.88. The van der Waals surface area contributed by atoms with Crippen LogP contribution in [0, 0.1) is 13.8 Å². The Morgan fingerprint density at radius 2 is 2.00 bits per heavy atom. The van der Waals surface area contributed by atoms with E-state index in [0.717, 1.165) is 27.8 Å². The molecular formula is C17H19ClN2O7S2. The number of β-lactam (4-membered cyclic amide) rings is 1. The van der Waals surface area contributed by atoms with E-state index < -0.39 is 49.9 Å². The summed E-state index contributed by atoms with van der Waals surface area (Å²) in [5, 5.41) is 8.73. The Hall–Kier alpha value is -1.82. The fourth-order valence-electron chi connectivity index (χ4n) is 3.32. The lowest BCUT2D eigenvalue weighted by atomic mass is 9.99. The molecule has 2 N–H and O–H groups in total. The van der Waals surface area contributed by atoms with Gasteiger partial charge in [0.1, 0.15) is 11.4 Å². The van der Waals surface area contributed by atoms with Gasteiger partial charge in [0, 0.05) is 11.4 Å². The molecule has 2 fully saturated rings. The standard InChI is InChI=1S/C17H19ClN2O7S2/c1-9-3-4-11(5-10(9)2)20(12(21)6-29(25,26)27)13-14(22)19-7-17(18,16(23)24)8-28-15(13)19/h3-5,13,15H,6-8H2,1-2H3,(H,23,24)(H,25,26,27)/t13?,15-,17?/m1/s1. The molecule has 0 aliphatic carbocycles. The van der Waals surface area contributed by atoms with Crippen molar-refractivity contribution >= 4 is 57.0 Å². The molecule has 2 aliphatic rings. The number of rotatable bonds is 5. The number of carboxylic acids is 1. The third kappa shape index (κ3) is 4.09. The summed E-state index contributed by atoms with van der Waals surface area (Å²) in [7, 11) is -4.61. The number of aliphatic carboxylic acids is 1. The summed E-state index contributed by atoms with van der Waals surface area (Å²) >= 11 is 7.21. The van der Waals surface area contributed by atoms with E-state index in [9.17, 15) is 27.9 Å². The minimum Gasteiger partial charge on any atom is -0.480 e. The van der Waals surface area contributed by atoms with E-state index in [1.165, 1.54) is 4.90 Å². The molecule has 9 nitrogen and oxygen atoms in total. The number of alkyl halides is 1. The molecule has 2 aliphatic heterocycles. The van der Waals surface area contributed by atoms with Crippen LogP contribution in [0.25, 0.3) is 0 Å². The Kier molecular flexibility index (Phi) is 5.63. The van der Waals surface area contributed by atoms with Gasteiger partial charge in [0.25, 0.3) is 10.1 Å². The predicted molar refractivity (Wildman–Crippen MR) is 108 cm³/mol. The largest absolute Gasteiger partial charge is 0.480 e. The van der Waals surface area contributed by atoms with Crippen molar-refractivity contribution in [1.29, 1.82) is 0 Å². The van der Waals surface area contributed by atoms with Crippen molar-refractivity contribution in [1.82, 2.24) is 4.90 Å². The molecule has 0 saturated carbocycles. The number of carbonyl (C=O) groups is 3. The van der Waals surface area contributed by atoms with Crippen LogP contribution in [-0.4, -0.2) is 75.1 Å². The van der Waals surface area contributed by atoms with Crippen LogP contribution < -0.4 is 4.90 Å². The molecular weight excluding hydrogens is 444 g/mol. The van der Waals surface area contributed by atoms with Gasteiger partial charge in [0.05, 0.1) is 6.54 Å². The molecule has 0 bridgehead atoms. The molecule has 158 valence electrons. The van der Waals surface area contributed by atoms with Gasteiger partial charge >= 0.3 is 5.97 Å². The number of hydrogen-bond acceptors (Lipinski definition) is 6. The topological polar surface area (TPSA) is 132 Å². The molecule has 0 aromatic heterocycles. The van der Waals surface area contributed by atoms with Gasteiger partial charge in [-0.05, 0) is 37.1 Å². The van der Waals surface area contributed by atoms with Gasteiger partial charge in [-0.25, -0.2) is 0 Å². The molecule has 2 amide bonds. The zero-order chi connectivity index (χ0) is 21.7. The number of fused-ring (bicyclic) bond motifs is 1. The van der Waals surface area contributed by atoms with Crippen molar-refractivity contribution in [2.75, 3.05) is 23.0 Å². The normalized spacial score (nSPS) is 26.5. The van der Waals surface area contributed by atoms with Crippen LogP contribution in [0.3, 0.4) is 0 Å². The average Bonchev–Trinajstić information content (AvgIpc) is 2.60. The molecule has 2 unspecified atom stereocenters. The third-order valence-electron chi connectivity index (χ3n) is 5.02. The second-order valence-corrected chi connectivity index (χ2v) is 10.4. The number of benzene rings is 1. The molecule has 29 heavy (non-hydrogen) atoms. The monoisotopic (exact) mass is 462 g/mol. The number of amides is 2. The Morgan fingerprint density at radius 3 is 2.55 bits per heavy atom. The molecule has 2 saturated heterocycles. The maximum absolute atomic E-state index is 12.8. The zero-order valence-corrected chi connectivity index (χ0v) is 17.9. The van der Waals surface area contributed by atoms with Crippen molar-refractivity contribution in [3.05, 3.63) is 29.3 Å². The first-order valence-electron chi connectivity index (χ1n) is 8.53. The first-order chi connectivity index (χ1) is 13.3. The quantitative estimate of drug-likeness (QED) is 0.374. The number of hydrogen-bond donors (Lipinski definition) is 2. The number of carbonyl (C=O) groups excluding carboxylic acids is 2. The van der Waals surface area contributed by atoms with Gasteiger partial charge in [-0.15, -0.1) is 23.4 Å². The lowest BCUT2D eigenvalue weighted by molar-refractivity contribution is -0.150. The lowest BCUT2D eigenvalue weighted by Gasteiger charge is -2.55.